The van der Waals surface area contributed by atoms with E-state index in [9.17, 15) is 23.7 Å². The molecular formula is C17H20F3N3O2. The third-order valence-electron chi connectivity index (χ3n) is 3.68. The quantitative estimate of drug-likeness (QED) is 0.484. The van der Waals surface area contributed by atoms with Crippen LogP contribution < -0.4 is 0 Å². The van der Waals surface area contributed by atoms with Gasteiger partial charge in [0.15, 0.2) is 5.76 Å². The summed E-state index contributed by atoms with van der Waals surface area (Å²) in [6.45, 7) is 7.52. The van der Waals surface area contributed by atoms with Gasteiger partial charge in [-0.25, -0.2) is 0 Å². The van der Waals surface area contributed by atoms with E-state index in [0.717, 1.165) is 0 Å². The number of nitrogens with zero attached hydrogens (tertiary/aromatic N) is 3. The molecule has 0 spiro atoms. The van der Waals surface area contributed by atoms with Gasteiger partial charge in [0.05, 0.1) is 24.4 Å². The summed E-state index contributed by atoms with van der Waals surface area (Å²) in [4.78, 5) is 0. The zero-order chi connectivity index (χ0) is 19.1. The van der Waals surface area contributed by atoms with Crippen LogP contribution in [0.2, 0.25) is 0 Å². The second-order valence-electron chi connectivity index (χ2n) is 6.22. The van der Waals surface area contributed by atoms with Crippen LogP contribution in [0.1, 0.15) is 44.6 Å². The van der Waals surface area contributed by atoms with Gasteiger partial charge in [-0.15, -0.1) is 6.58 Å². The van der Waals surface area contributed by atoms with Gasteiger partial charge in [0.25, 0.3) is 0 Å². The summed E-state index contributed by atoms with van der Waals surface area (Å²) < 4.78 is 48.1. The highest BCUT2D eigenvalue weighted by Crippen LogP contribution is 2.34. The van der Waals surface area contributed by atoms with Gasteiger partial charge in [-0.2, -0.15) is 23.7 Å². The predicted molar refractivity (Wildman–Crippen MR) is 82.9 cm³/mol. The summed E-state index contributed by atoms with van der Waals surface area (Å²) in [5.41, 5.74) is -2.37. The first-order valence-corrected chi connectivity index (χ1v) is 7.68. The summed E-state index contributed by atoms with van der Waals surface area (Å²) in [6, 6.07) is 4.89. The molecule has 0 amide bonds. The standard InChI is InChI=1S/C17H20F3N3O2/c1-4-5-8-24-15(2,3)14-9-13(23-25-14)10-16(11-21,12-22)6-7-17(18,19)20/h4,9H,1,5-8,10H2,2-3H3. The van der Waals surface area contributed by atoms with E-state index >= 15 is 0 Å². The molecule has 0 bridgehead atoms. The van der Waals surface area contributed by atoms with Crippen molar-refractivity contribution >= 4 is 0 Å². The van der Waals surface area contributed by atoms with E-state index in [2.05, 4.69) is 11.7 Å². The Morgan fingerprint density at radius 3 is 2.44 bits per heavy atom. The Morgan fingerprint density at radius 2 is 1.92 bits per heavy atom. The van der Waals surface area contributed by atoms with Crippen molar-refractivity contribution in [2.75, 3.05) is 6.61 Å². The van der Waals surface area contributed by atoms with E-state index in [1.165, 1.54) is 6.07 Å². The molecule has 1 heterocycles. The molecule has 0 aliphatic rings. The zero-order valence-electron chi connectivity index (χ0n) is 14.2. The topological polar surface area (TPSA) is 82.8 Å². The van der Waals surface area contributed by atoms with E-state index in [4.69, 9.17) is 9.26 Å². The summed E-state index contributed by atoms with van der Waals surface area (Å²) in [5, 5.41) is 22.2. The summed E-state index contributed by atoms with van der Waals surface area (Å²) in [6.07, 6.45) is -4.16. The van der Waals surface area contributed by atoms with Crippen LogP contribution >= 0.6 is 0 Å². The molecule has 1 aromatic heterocycles. The van der Waals surface area contributed by atoms with Crippen molar-refractivity contribution in [3.05, 3.63) is 30.2 Å². The van der Waals surface area contributed by atoms with Crippen molar-refractivity contribution in [2.24, 2.45) is 5.41 Å². The lowest BCUT2D eigenvalue weighted by atomic mass is 9.81. The molecule has 0 atom stereocenters. The van der Waals surface area contributed by atoms with Crippen LogP contribution in [0.4, 0.5) is 13.2 Å². The number of ether oxygens (including phenoxy) is 1. The Bertz CT molecular complexity index is 652. The molecule has 0 aromatic carbocycles. The molecule has 0 saturated carbocycles. The molecule has 0 unspecified atom stereocenters. The molecule has 25 heavy (non-hydrogen) atoms. The fourth-order valence-corrected chi connectivity index (χ4v) is 2.12. The van der Waals surface area contributed by atoms with Gasteiger partial charge < -0.3 is 9.26 Å². The highest BCUT2D eigenvalue weighted by Gasteiger charge is 2.38. The van der Waals surface area contributed by atoms with Crippen molar-refractivity contribution in [1.29, 1.82) is 10.5 Å². The Morgan fingerprint density at radius 1 is 1.28 bits per heavy atom. The minimum Gasteiger partial charge on any atom is -0.367 e. The van der Waals surface area contributed by atoms with E-state index in [0.29, 0.717) is 18.8 Å². The van der Waals surface area contributed by atoms with Crippen LogP contribution in [0, 0.1) is 28.1 Å². The van der Waals surface area contributed by atoms with Gasteiger partial charge in [-0.05, 0) is 26.7 Å². The number of rotatable bonds is 9. The Balaban J connectivity index is 2.88. The summed E-state index contributed by atoms with van der Waals surface area (Å²) >= 11 is 0. The first-order valence-electron chi connectivity index (χ1n) is 7.68. The molecule has 0 aliphatic heterocycles. The number of nitriles is 2. The minimum absolute atomic E-state index is 0.237. The molecule has 5 nitrogen and oxygen atoms in total. The zero-order valence-corrected chi connectivity index (χ0v) is 14.2. The van der Waals surface area contributed by atoms with Crippen molar-refractivity contribution < 1.29 is 22.4 Å². The fraction of sp³-hybridized carbons (Fsp3) is 0.588. The lowest BCUT2D eigenvalue weighted by Crippen LogP contribution is -2.23. The molecule has 0 N–H and O–H groups in total. The second kappa shape index (κ2) is 8.17. The lowest BCUT2D eigenvalue weighted by molar-refractivity contribution is -0.138. The minimum atomic E-state index is -4.44. The summed E-state index contributed by atoms with van der Waals surface area (Å²) in [5.74, 6) is 0.368. The molecule has 0 radical (unpaired) electrons. The Labute approximate surface area is 144 Å². The maximum atomic E-state index is 12.4. The average molecular weight is 355 g/mol. The van der Waals surface area contributed by atoms with Crippen LogP contribution in [0.15, 0.2) is 23.2 Å². The van der Waals surface area contributed by atoms with E-state index < -0.39 is 30.0 Å². The smallest absolute Gasteiger partial charge is 0.367 e. The van der Waals surface area contributed by atoms with E-state index in [-0.39, 0.29) is 12.1 Å². The third kappa shape index (κ3) is 6.24. The van der Waals surface area contributed by atoms with Gasteiger partial charge >= 0.3 is 6.18 Å². The van der Waals surface area contributed by atoms with E-state index in [1.807, 2.05) is 0 Å². The number of alkyl halides is 3. The average Bonchev–Trinajstić information content (AvgIpc) is 3.00. The number of hydrogen-bond donors (Lipinski definition) is 0. The predicted octanol–water partition coefficient (Wildman–Crippen LogP) is 4.42. The third-order valence-corrected chi connectivity index (χ3v) is 3.68. The largest absolute Gasteiger partial charge is 0.389 e. The van der Waals surface area contributed by atoms with Gasteiger partial charge in [-0.3, -0.25) is 0 Å². The highest BCUT2D eigenvalue weighted by molar-refractivity contribution is 5.21. The highest BCUT2D eigenvalue weighted by atomic mass is 19.4. The van der Waals surface area contributed by atoms with Crippen molar-refractivity contribution in [3.63, 3.8) is 0 Å². The molecular weight excluding hydrogens is 335 g/mol. The SMILES string of the molecule is C=CCCOC(C)(C)c1cc(CC(C#N)(C#N)CCC(F)(F)F)no1. The molecule has 136 valence electrons. The monoisotopic (exact) mass is 355 g/mol. The molecule has 1 rings (SSSR count). The number of halogens is 3. The lowest BCUT2D eigenvalue weighted by Gasteiger charge is -2.21. The maximum absolute atomic E-state index is 12.4. The second-order valence-corrected chi connectivity index (χ2v) is 6.22. The van der Waals surface area contributed by atoms with Gasteiger partial charge in [0, 0.05) is 18.9 Å². The van der Waals surface area contributed by atoms with Crippen LogP contribution in [0.25, 0.3) is 0 Å². The van der Waals surface area contributed by atoms with Crippen molar-refractivity contribution in [2.45, 2.75) is 51.3 Å². The molecule has 0 fully saturated rings. The van der Waals surface area contributed by atoms with Gasteiger partial charge in [0.1, 0.15) is 11.0 Å². The molecule has 8 heteroatoms. The molecule has 0 aliphatic carbocycles. The first kappa shape index (κ1) is 20.7. The Kier molecular flexibility index (Phi) is 6.78. The first-order chi connectivity index (χ1) is 11.6. The van der Waals surface area contributed by atoms with Crippen molar-refractivity contribution in [1.82, 2.24) is 5.16 Å². The Hall–Kier alpha value is -2.32. The number of aromatic nitrogens is 1. The molecule has 1 aromatic rings. The maximum Gasteiger partial charge on any atom is 0.389 e. The van der Waals surface area contributed by atoms with Crippen LogP contribution in [0.3, 0.4) is 0 Å². The van der Waals surface area contributed by atoms with Crippen LogP contribution in [-0.4, -0.2) is 17.9 Å². The molecule has 0 saturated heterocycles. The van der Waals surface area contributed by atoms with Crippen LogP contribution in [-0.2, 0) is 16.8 Å². The van der Waals surface area contributed by atoms with Gasteiger partial charge in [0.2, 0.25) is 0 Å². The normalized spacial score (nSPS) is 12.4. The summed E-state index contributed by atoms with van der Waals surface area (Å²) in [7, 11) is 0. The van der Waals surface area contributed by atoms with Gasteiger partial charge in [-0.1, -0.05) is 11.2 Å². The number of hydrogen-bond acceptors (Lipinski definition) is 5. The van der Waals surface area contributed by atoms with Crippen molar-refractivity contribution in [3.8, 4) is 12.1 Å². The fourth-order valence-electron chi connectivity index (χ4n) is 2.12. The van der Waals surface area contributed by atoms with E-state index in [1.54, 1.807) is 32.1 Å². The van der Waals surface area contributed by atoms with Crippen LogP contribution in [0.5, 0.6) is 0 Å².